The molecule has 0 bridgehead atoms. The Balaban J connectivity index is 2.05. The third-order valence-corrected chi connectivity index (χ3v) is 5.72. The van der Waals surface area contributed by atoms with E-state index in [-0.39, 0.29) is 10.7 Å². The Labute approximate surface area is 147 Å². The van der Waals surface area contributed by atoms with Gasteiger partial charge in [-0.05, 0) is 31.9 Å². The van der Waals surface area contributed by atoms with Crippen molar-refractivity contribution in [3.05, 3.63) is 82.7 Å². The lowest BCUT2D eigenvalue weighted by Gasteiger charge is -2.20. The summed E-state index contributed by atoms with van der Waals surface area (Å²) in [5, 5.41) is 3.75. The lowest BCUT2D eigenvalue weighted by Crippen LogP contribution is -2.30. The number of aromatic nitrogens is 1. The van der Waals surface area contributed by atoms with Crippen molar-refractivity contribution < 1.29 is 12.9 Å². The topological polar surface area (TPSA) is 72.2 Å². The second-order valence-electron chi connectivity index (χ2n) is 6.03. The summed E-state index contributed by atoms with van der Waals surface area (Å²) in [6.07, 6.45) is 0. The number of nitrogens with one attached hydrogen (secondary N) is 1. The van der Waals surface area contributed by atoms with Crippen molar-refractivity contribution in [2.75, 3.05) is 0 Å². The first kappa shape index (κ1) is 17.4. The number of benzene rings is 2. The van der Waals surface area contributed by atoms with Gasteiger partial charge in [0.25, 0.3) is 0 Å². The molecule has 25 heavy (non-hydrogen) atoms. The van der Waals surface area contributed by atoms with Crippen LogP contribution in [0.15, 0.2) is 64.0 Å². The van der Waals surface area contributed by atoms with E-state index < -0.39 is 16.1 Å². The summed E-state index contributed by atoms with van der Waals surface area (Å²) in [4.78, 5) is 0.0977. The number of hydrogen-bond donors (Lipinski definition) is 1. The Morgan fingerprint density at radius 3 is 2.08 bits per heavy atom. The van der Waals surface area contributed by atoms with Crippen molar-refractivity contribution in [3.8, 4) is 0 Å². The monoisotopic (exact) mass is 356 g/mol. The van der Waals surface area contributed by atoms with Crippen LogP contribution in [-0.4, -0.2) is 13.6 Å². The average molecular weight is 356 g/mol. The molecule has 3 aromatic rings. The Morgan fingerprint density at radius 2 is 1.52 bits per heavy atom. The number of aryl methyl sites for hydroxylation is 3. The minimum absolute atomic E-state index is 0.0977. The highest BCUT2D eigenvalue weighted by atomic mass is 32.2. The largest absolute Gasteiger partial charge is 0.360 e. The molecule has 6 heteroatoms. The minimum Gasteiger partial charge on any atom is -0.360 e. The molecule has 0 spiro atoms. The lowest BCUT2D eigenvalue weighted by atomic mass is 9.99. The van der Waals surface area contributed by atoms with Crippen LogP contribution in [0.3, 0.4) is 0 Å². The molecule has 0 saturated heterocycles. The molecule has 1 heterocycles. The molecule has 0 radical (unpaired) electrons. The first-order valence-electron chi connectivity index (χ1n) is 7.95. The second-order valence-corrected chi connectivity index (χ2v) is 7.68. The first-order chi connectivity index (χ1) is 11.9. The maximum Gasteiger partial charge on any atom is 0.246 e. The van der Waals surface area contributed by atoms with Crippen LogP contribution in [0.4, 0.5) is 0 Å². The molecule has 3 rings (SSSR count). The molecule has 1 atom stereocenters. The highest BCUT2D eigenvalue weighted by molar-refractivity contribution is 7.89. The fraction of sp³-hybridized carbons (Fsp3) is 0.211. The molecule has 0 aliphatic heterocycles. The van der Waals surface area contributed by atoms with E-state index in [2.05, 4.69) is 9.88 Å². The van der Waals surface area contributed by atoms with Gasteiger partial charge in [-0.25, -0.2) is 8.42 Å². The van der Waals surface area contributed by atoms with Gasteiger partial charge in [0.1, 0.15) is 10.6 Å². The first-order valence-corrected chi connectivity index (χ1v) is 9.43. The zero-order chi connectivity index (χ0) is 18.0. The summed E-state index contributed by atoms with van der Waals surface area (Å²) in [6, 6.07) is 16.8. The molecule has 130 valence electrons. The third kappa shape index (κ3) is 3.65. The van der Waals surface area contributed by atoms with E-state index in [0.29, 0.717) is 5.69 Å². The Bertz CT molecular complexity index is 942. The summed E-state index contributed by atoms with van der Waals surface area (Å²) in [6.45, 7) is 5.21. The standard InChI is InChI=1S/C19H20N2O3S/c1-13-9-11-17(12-10-13)18(16-7-5-4-6-8-16)21-25(22,23)19-14(2)20-24-15(19)3/h4-12,18,21H,1-3H3/t18-/m0/s1. The van der Waals surface area contributed by atoms with Gasteiger partial charge in [-0.2, -0.15) is 4.72 Å². The summed E-state index contributed by atoms with van der Waals surface area (Å²) < 4.78 is 33.7. The van der Waals surface area contributed by atoms with Gasteiger partial charge in [-0.3, -0.25) is 0 Å². The summed E-state index contributed by atoms with van der Waals surface area (Å²) >= 11 is 0. The quantitative estimate of drug-likeness (QED) is 0.757. The molecule has 0 fully saturated rings. The van der Waals surface area contributed by atoms with Gasteiger partial charge >= 0.3 is 0 Å². The van der Waals surface area contributed by atoms with Gasteiger partial charge in [-0.15, -0.1) is 0 Å². The number of rotatable bonds is 5. The van der Waals surface area contributed by atoms with Crippen LogP contribution in [0.5, 0.6) is 0 Å². The summed E-state index contributed by atoms with van der Waals surface area (Å²) in [7, 11) is -3.79. The zero-order valence-electron chi connectivity index (χ0n) is 14.4. The highest BCUT2D eigenvalue weighted by Gasteiger charge is 2.28. The van der Waals surface area contributed by atoms with E-state index >= 15 is 0 Å². The van der Waals surface area contributed by atoms with Gasteiger partial charge in [0.05, 0.1) is 6.04 Å². The molecule has 0 aliphatic rings. The fourth-order valence-electron chi connectivity index (χ4n) is 2.81. The molecule has 1 N–H and O–H groups in total. The molecule has 2 aromatic carbocycles. The predicted molar refractivity (Wildman–Crippen MR) is 95.8 cm³/mol. The van der Waals surface area contributed by atoms with E-state index in [0.717, 1.165) is 16.7 Å². The van der Waals surface area contributed by atoms with Crippen molar-refractivity contribution in [1.29, 1.82) is 0 Å². The van der Waals surface area contributed by atoms with Gasteiger partial charge in [0.15, 0.2) is 5.76 Å². The molecule has 1 aromatic heterocycles. The van der Waals surface area contributed by atoms with Crippen molar-refractivity contribution in [3.63, 3.8) is 0 Å². The van der Waals surface area contributed by atoms with Crippen LogP contribution in [0.25, 0.3) is 0 Å². The van der Waals surface area contributed by atoms with E-state index in [4.69, 9.17) is 4.52 Å². The molecule has 0 amide bonds. The van der Waals surface area contributed by atoms with E-state index in [1.54, 1.807) is 13.8 Å². The maximum absolute atomic E-state index is 12.9. The van der Waals surface area contributed by atoms with Crippen LogP contribution in [0.2, 0.25) is 0 Å². The summed E-state index contributed by atoms with van der Waals surface area (Å²) in [5.41, 5.74) is 3.19. The van der Waals surface area contributed by atoms with Gasteiger partial charge in [-0.1, -0.05) is 65.3 Å². The normalized spacial score (nSPS) is 12.9. The van der Waals surface area contributed by atoms with Crippen LogP contribution in [0.1, 0.15) is 34.2 Å². The van der Waals surface area contributed by atoms with Crippen LogP contribution in [0, 0.1) is 20.8 Å². The molecule has 0 saturated carbocycles. The van der Waals surface area contributed by atoms with Gasteiger partial charge < -0.3 is 4.52 Å². The second kappa shape index (κ2) is 6.82. The van der Waals surface area contributed by atoms with Crippen molar-refractivity contribution in [1.82, 2.24) is 9.88 Å². The molecular weight excluding hydrogens is 336 g/mol. The fourth-order valence-corrected chi connectivity index (χ4v) is 4.35. The predicted octanol–water partition coefficient (Wildman–Crippen LogP) is 3.67. The van der Waals surface area contributed by atoms with Crippen molar-refractivity contribution in [2.45, 2.75) is 31.7 Å². The molecule has 5 nitrogen and oxygen atoms in total. The number of sulfonamides is 1. The van der Waals surface area contributed by atoms with E-state index in [1.165, 1.54) is 0 Å². The summed E-state index contributed by atoms with van der Waals surface area (Å²) in [5.74, 6) is 0.278. The minimum atomic E-state index is -3.79. The van der Waals surface area contributed by atoms with E-state index in [1.807, 2.05) is 61.5 Å². The zero-order valence-corrected chi connectivity index (χ0v) is 15.2. The molecule has 0 aliphatic carbocycles. The van der Waals surface area contributed by atoms with Gasteiger partial charge in [0.2, 0.25) is 10.0 Å². The SMILES string of the molecule is Cc1ccc([C@@H](NS(=O)(=O)c2c(C)noc2C)c2ccccc2)cc1. The van der Waals surface area contributed by atoms with E-state index in [9.17, 15) is 8.42 Å². The maximum atomic E-state index is 12.9. The molecule has 0 unspecified atom stereocenters. The Morgan fingerprint density at radius 1 is 0.920 bits per heavy atom. The number of hydrogen-bond acceptors (Lipinski definition) is 4. The number of nitrogens with zero attached hydrogens (tertiary/aromatic N) is 1. The Kier molecular flexibility index (Phi) is 4.74. The lowest BCUT2D eigenvalue weighted by molar-refractivity contribution is 0.390. The van der Waals surface area contributed by atoms with Gasteiger partial charge in [0, 0.05) is 0 Å². The average Bonchev–Trinajstić information content (AvgIpc) is 2.94. The van der Waals surface area contributed by atoms with Crippen LogP contribution in [-0.2, 0) is 10.0 Å². The Hall–Kier alpha value is -2.44. The van der Waals surface area contributed by atoms with Crippen molar-refractivity contribution in [2.24, 2.45) is 0 Å². The third-order valence-electron chi connectivity index (χ3n) is 4.05. The smallest absolute Gasteiger partial charge is 0.246 e. The van der Waals surface area contributed by atoms with Crippen molar-refractivity contribution >= 4 is 10.0 Å². The van der Waals surface area contributed by atoms with Crippen LogP contribution < -0.4 is 4.72 Å². The van der Waals surface area contributed by atoms with Crippen LogP contribution >= 0.6 is 0 Å². The highest BCUT2D eigenvalue weighted by Crippen LogP contribution is 2.27. The molecular formula is C19H20N2O3S.